The molecule has 4 nitrogen and oxygen atoms in total. The average molecular weight is 335 g/mol. The molecule has 0 fully saturated rings. The molecule has 0 aliphatic heterocycles. The van der Waals surface area contributed by atoms with Crippen molar-refractivity contribution in [3.8, 4) is 0 Å². The van der Waals surface area contributed by atoms with Crippen LogP contribution < -0.4 is 0 Å². The molecule has 2 heterocycles. The number of aliphatic hydroxyl groups is 1. The number of hydrogen-bond donors (Lipinski definition) is 1. The Balaban J connectivity index is 2.40. The van der Waals surface area contributed by atoms with Crippen molar-refractivity contribution in [2.45, 2.75) is 6.10 Å². The third-order valence-electron chi connectivity index (χ3n) is 2.05. The van der Waals surface area contributed by atoms with E-state index in [1.807, 2.05) is 0 Å². The molecule has 0 aromatic carbocycles. The van der Waals surface area contributed by atoms with Crippen LogP contribution in [0.4, 0.5) is 0 Å². The molecule has 0 amide bonds. The fourth-order valence-electron chi connectivity index (χ4n) is 1.27. The van der Waals surface area contributed by atoms with Crippen molar-refractivity contribution >= 4 is 39.1 Å². The van der Waals surface area contributed by atoms with Gasteiger partial charge in [-0.1, -0.05) is 17.7 Å². The van der Waals surface area contributed by atoms with Crippen LogP contribution in [0.25, 0.3) is 0 Å². The Kier molecular flexibility index (Phi) is 3.93. The van der Waals surface area contributed by atoms with Crippen molar-refractivity contribution in [1.82, 2.24) is 15.0 Å². The predicted octanol–water partition coefficient (Wildman–Crippen LogP) is 3.02. The average Bonchev–Trinajstić information content (AvgIpc) is 2.28. The Hall–Kier alpha value is -0.750. The fourth-order valence-corrected chi connectivity index (χ4v) is 2.04. The summed E-state index contributed by atoms with van der Waals surface area (Å²) in [5, 5.41) is 10.2. The molecule has 0 saturated carbocycles. The summed E-state index contributed by atoms with van der Waals surface area (Å²) < 4.78 is 0.625. The molecule has 0 aliphatic rings. The molecule has 17 heavy (non-hydrogen) atoms. The van der Waals surface area contributed by atoms with E-state index in [0.29, 0.717) is 15.9 Å². The molecule has 2 aromatic heterocycles. The normalized spacial score (nSPS) is 12.5. The number of nitrogens with zero attached hydrogens (tertiary/aromatic N) is 3. The van der Waals surface area contributed by atoms with Crippen LogP contribution >= 0.6 is 39.1 Å². The summed E-state index contributed by atoms with van der Waals surface area (Å²) in [5.41, 5.74) is 0.814. The quantitative estimate of drug-likeness (QED) is 0.521. The number of halogens is 3. The minimum absolute atomic E-state index is 0.0353. The molecule has 0 unspecified atom stereocenters. The SMILES string of the molecule is O[C@@H](c1cccc(Br)n1)c1cnc(Cl)nc1Cl. The second kappa shape index (κ2) is 5.27. The van der Waals surface area contributed by atoms with E-state index in [2.05, 4.69) is 30.9 Å². The largest absolute Gasteiger partial charge is 0.382 e. The Morgan fingerprint density at radius 1 is 1.24 bits per heavy atom. The van der Waals surface area contributed by atoms with Gasteiger partial charge < -0.3 is 5.11 Å². The molecule has 2 aromatic rings. The van der Waals surface area contributed by atoms with Gasteiger partial charge in [-0.25, -0.2) is 15.0 Å². The lowest BCUT2D eigenvalue weighted by Crippen LogP contribution is -2.05. The highest BCUT2D eigenvalue weighted by atomic mass is 79.9. The lowest BCUT2D eigenvalue weighted by Gasteiger charge is -2.11. The maximum Gasteiger partial charge on any atom is 0.223 e. The van der Waals surface area contributed by atoms with Gasteiger partial charge in [0.25, 0.3) is 0 Å². The fraction of sp³-hybridized carbons (Fsp3) is 0.100. The zero-order chi connectivity index (χ0) is 12.4. The maximum absolute atomic E-state index is 10.1. The van der Waals surface area contributed by atoms with Gasteiger partial charge in [0, 0.05) is 11.8 Å². The predicted molar refractivity (Wildman–Crippen MR) is 68.1 cm³/mol. The molecule has 1 N–H and O–H groups in total. The van der Waals surface area contributed by atoms with Gasteiger partial charge in [0.05, 0.1) is 5.69 Å². The highest BCUT2D eigenvalue weighted by molar-refractivity contribution is 9.10. The number of aliphatic hydroxyl groups excluding tert-OH is 1. The van der Waals surface area contributed by atoms with Gasteiger partial charge in [-0.3, -0.25) is 0 Å². The third kappa shape index (κ3) is 2.93. The summed E-state index contributed by atoms with van der Waals surface area (Å²) >= 11 is 14.7. The Morgan fingerprint density at radius 2 is 2.00 bits per heavy atom. The van der Waals surface area contributed by atoms with Crippen LogP contribution in [0.5, 0.6) is 0 Å². The van der Waals surface area contributed by atoms with Gasteiger partial charge in [0.1, 0.15) is 15.9 Å². The van der Waals surface area contributed by atoms with E-state index in [1.54, 1.807) is 18.2 Å². The molecule has 88 valence electrons. The summed E-state index contributed by atoms with van der Waals surface area (Å²) in [7, 11) is 0. The van der Waals surface area contributed by atoms with Crippen LogP contribution in [-0.4, -0.2) is 20.1 Å². The number of aromatic nitrogens is 3. The van der Waals surface area contributed by atoms with E-state index in [1.165, 1.54) is 6.20 Å². The molecule has 1 atom stereocenters. The van der Waals surface area contributed by atoms with Crippen molar-refractivity contribution in [3.63, 3.8) is 0 Å². The molecule has 0 aliphatic carbocycles. The highest BCUT2D eigenvalue weighted by Crippen LogP contribution is 2.26. The van der Waals surface area contributed by atoms with Gasteiger partial charge in [-0.05, 0) is 39.7 Å². The summed E-state index contributed by atoms with van der Waals surface area (Å²) in [4.78, 5) is 11.7. The van der Waals surface area contributed by atoms with Gasteiger partial charge in [0.15, 0.2) is 0 Å². The summed E-state index contributed by atoms with van der Waals surface area (Å²) in [6.45, 7) is 0. The van der Waals surface area contributed by atoms with Crippen molar-refractivity contribution in [2.24, 2.45) is 0 Å². The Morgan fingerprint density at radius 3 is 2.65 bits per heavy atom. The van der Waals surface area contributed by atoms with Crippen LogP contribution in [0.15, 0.2) is 29.0 Å². The molecule has 0 spiro atoms. The van der Waals surface area contributed by atoms with Gasteiger partial charge in [-0.15, -0.1) is 0 Å². The van der Waals surface area contributed by atoms with Crippen LogP contribution in [0, 0.1) is 0 Å². The van der Waals surface area contributed by atoms with Crippen LogP contribution in [-0.2, 0) is 0 Å². The number of pyridine rings is 1. The van der Waals surface area contributed by atoms with Crippen molar-refractivity contribution in [3.05, 3.63) is 50.7 Å². The minimum Gasteiger partial charge on any atom is -0.382 e. The molecule has 2 rings (SSSR count). The summed E-state index contributed by atoms with van der Waals surface area (Å²) in [6, 6.07) is 5.21. The smallest absolute Gasteiger partial charge is 0.223 e. The van der Waals surface area contributed by atoms with Crippen molar-refractivity contribution in [1.29, 1.82) is 0 Å². The van der Waals surface area contributed by atoms with Gasteiger partial charge >= 0.3 is 0 Å². The zero-order valence-corrected chi connectivity index (χ0v) is 11.4. The van der Waals surface area contributed by atoms with Crippen LogP contribution in [0.2, 0.25) is 10.4 Å². The van der Waals surface area contributed by atoms with Gasteiger partial charge in [0.2, 0.25) is 5.28 Å². The summed E-state index contributed by atoms with van der Waals surface area (Å²) in [6.07, 6.45) is 0.391. The summed E-state index contributed by atoms with van der Waals surface area (Å²) in [5.74, 6) is 0. The first-order chi connectivity index (χ1) is 8.08. The monoisotopic (exact) mass is 333 g/mol. The molecule has 0 saturated heterocycles. The standard InChI is InChI=1S/C10H6BrCl2N3O/c11-7-3-1-2-6(15-7)8(17)5-4-14-10(13)16-9(5)12/h1-4,8,17H/t8-/m1/s1. The van der Waals surface area contributed by atoms with E-state index >= 15 is 0 Å². The van der Waals surface area contributed by atoms with E-state index in [-0.39, 0.29) is 10.4 Å². The molecular weight excluding hydrogens is 329 g/mol. The van der Waals surface area contributed by atoms with E-state index < -0.39 is 6.10 Å². The van der Waals surface area contributed by atoms with E-state index in [0.717, 1.165) is 0 Å². The first-order valence-corrected chi connectivity index (χ1v) is 6.11. The molecule has 7 heteroatoms. The third-order valence-corrected chi connectivity index (χ3v) is 2.98. The lowest BCUT2D eigenvalue weighted by molar-refractivity contribution is 0.214. The van der Waals surface area contributed by atoms with Crippen LogP contribution in [0.1, 0.15) is 17.4 Å². The second-order valence-corrected chi connectivity index (χ2v) is 4.68. The Bertz CT molecular complexity index is 553. The van der Waals surface area contributed by atoms with E-state index in [4.69, 9.17) is 23.2 Å². The molecular formula is C10H6BrCl2N3O. The lowest BCUT2D eigenvalue weighted by atomic mass is 10.1. The molecule has 0 radical (unpaired) electrons. The number of hydrogen-bond acceptors (Lipinski definition) is 4. The maximum atomic E-state index is 10.1. The van der Waals surface area contributed by atoms with Gasteiger partial charge in [-0.2, -0.15) is 0 Å². The Labute approximate surface area is 116 Å². The molecule has 0 bridgehead atoms. The minimum atomic E-state index is -0.989. The second-order valence-electron chi connectivity index (χ2n) is 3.17. The number of rotatable bonds is 2. The topological polar surface area (TPSA) is 58.9 Å². The highest BCUT2D eigenvalue weighted by Gasteiger charge is 2.17. The first-order valence-electron chi connectivity index (χ1n) is 4.56. The zero-order valence-electron chi connectivity index (χ0n) is 8.31. The van der Waals surface area contributed by atoms with Crippen LogP contribution in [0.3, 0.4) is 0 Å². The first kappa shape index (κ1) is 12.7. The van der Waals surface area contributed by atoms with Crippen molar-refractivity contribution < 1.29 is 5.11 Å². The van der Waals surface area contributed by atoms with E-state index in [9.17, 15) is 5.11 Å². The van der Waals surface area contributed by atoms with Crippen molar-refractivity contribution in [2.75, 3.05) is 0 Å².